The Morgan fingerprint density at radius 1 is 1.26 bits per heavy atom. The molecule has 1 aromatic carbocycles. The molecule has 1 fully saturated rings. The topological polar surface area (TPSA) is 91.8 Å². The van der Waals surface area contributed by atoms with Crippen molar-refractivity contribution in [1.82, 2.24) is 20.3 Å². The van der Waals surface area contributed by atoms with E-state index in [4.69, 9.17) is 8.94 Å². The maximum atomic E-state index is 12.9. The normalized spacial score (nSPS) is 16.8. The monoisotopic (exact) mass is 422 g/mol. The van der Waals surface area contributed by atoms with Crippen molar-refractivity contribution < 1.29 is 18.5 Å². The van der Waals surface area contributed by atoms with E-state index in [0.717, 1.165) is 17.1 Å². The fourth-order valence-electron chi connectivity index (χ4n) is 3.72. The summed E-state index contributed by atoms with van der Waals surface area (Å²) in [7, 11) is 1.71. The first-order valence-electron chi connectivity index (χ1n) is 10.3. The number of amides is 2. The highest BCUT2D eigenvalue weighted by Crippen LogP contribution is 2.21. The Hall–Kier alpha value is -3.39. The smallest absolute Gasteiger partial charge is 0.237 e. The molecule has 1 atom stereocenters. The van der Waals surface area contributed by atoms with E-state index in [1.54, 1.807) is 11.9 Å². The summed E-state index contributed by atoms with van der Waals surface area (Å²) in [6.45, 7) is 3.90. The summed E-state index contributed by atoms with van der Waals surface area (Å²) < 4.78 is 11.1. The number of nitrogens with zero attached hydrogens (tertiary/aromatic N) is 3. The van der Waals surface area contributed by atoms with Crippen LogP contribution in [0.4, 0.5) is 0 Å². The molecule has 0 spiro atoms. The van der Waals surface area contributed by atoms with E-state index in [9.17, 15) is 9.59 Å². The Kier molecular flexibility index (Phi) is 6.18. The lowest BCUT2D eigenvalue weighted by Gasteiger charge is -2.34. The highest BCUT2D eigenvalue weighted by Gasteiger charge is 2.33. The minimum atomic E-state index is -0.536. The van der Waals surface area contributed by atoms with Crippen molar-refractivity contribution in [3.05, 3.63) is 65.7 Å². The first-order valence-corrected chi connectivity index (χ1v) is 10.3. The third-order valence-corrected chi connectivity index (χ3v) is 5.41. The molecule has 8 heteroatoms. The van der Waals surface area contributed by atoms with Gasteiger partial charge in [-0.25, -0.2) is 0 Å². The van der Waals surface area contributed by atoms with Crippen molar-refractivity contribution in [3.8, 4) is 11.3 Å². The SMILES string of the molecule is Cc1ccc(CN2CCNC(=O)C2CC(=O)N(C)Cc2cc(-c3ccccc3)on2)o1. The Labute approximate surface area is 180 Å². The molecule has 1 unspecified atom stereocenters. The first-order chi connectivity index (χ1) is 15.0. The van der Waals surface area contributed by atoms with Gasteiger partial charge in [0, 0.05) is 31.8 Å². The van der Waals surface area contributed by atoms with Crippen LogP contribution < -0.4 is 5.32 Å². The summed E-state index contributed by atoms with van der Waals surface area (Å²) in [6.07, 6.45) is 0.0887. The number of hydrogen-bond acceptors (Lipinski definition) is 6. The van der Waals surface area contributed by atoms with Gasteiger partial charge in [-0.2, -0.15) is 0 Å². The minimum absolute atomic E-state index is 0.0887. The molecule has 3 aromatic rings. The van der Waals surface area contributed by atoms with E-state index in [0.29, 0.717) is 37.6 Å². The molecule has 162 valence electrons. The van der Waals surface area contributed by atoms with Gasteiger partial charge in [0.1, 0.15) is 17.2 Å². The summed E-state index contributed by atoms with van der Waals surface area (Å²) >= 11 is 0. The molecule has 0 radical (unpaired) electrons. The molecular formula is C23H26N4O4. The van der Waals surface area contributed by atoms with Gasteiger partial charge in [-0.3, -0.25) is 14.5 Å². The van der Waals surface area contributed by atoms with Crippen molar-refractivity contribution >= 4 is 11.8 Å². The van der Waals surface area contributed by atoms with Crippen LogP contribution in [-0.4, -0.2) is 52.9 Å². The van der Waals surface area contributed by atoms with Gasteiger partial charge in [0.2, 0.25) is 11.8 Å². The lowest BCUT2D eigenvalue weighted by Crippen LogP contribution is -2.56. The summed E-state index contributed by atoms with van der Waals surface area (Å²) in [5.41, 5.74) is 1.59. The molecule has 0 saturated carbocycles. The molecule has 1 aliphatic rings. The number of hydrogen-bond donors (Lipinski definition) is 1. The van der Waals surface area contributed by atoms with Gasteiger partial charge in [-0.15, -0.1) is 0 Å². The number of benzene rings is 1. The highest BCUT2D eigenvalue weighted by atomic mass is 16.5. The molecule has 2 amide bonds. The Morgan fingerprint density at radius 2 is 2.06 bits per heavy atom. The second-order valence-corrected chi connectivity index (χ2v) is 7.79. The minimum Gasteiger partial charge on any atom is -0.465 e. The van der Waals surface area contributed by atoms with Gasteiger partial charge in [0.25, 0.3) is 0 Å². The molecule has 8 nitrogen and oxygen atoms in total. The van der Waals surface area contributed by atoms with Crippen LogP contribution in [0.15, 0.2) is 57.5 Å². The van der Waals surface area contributed by atoms with Gasteiger partial charge in [0.05, 0.1) is 25.6 Å². The van der Waals surface area contributed by atoms with Crippen LogP contribution >= 0.6 is 0 Å². The molecule has 0 bridgehead atoms. The fraction of sp³-hybridized carbons (Fsp3) is 0.348. The summed E-state index contributed by atoms with van der Waals surface area (Å²) in [5.74, 6) is 2.00. The molecule has 1 N–H and O–H groups in total. The number of nitrogens with one attached hydrogen (secondary N) is 1. The van der Waals surface area contributed by atoms with Crippen LogP contribution in [0.25, 0.3) is 11.3 Å². The third kappa shape index (κ3) is 5.03. The molecule has 1 saturated heterocycles. The highest BCUT2D eigenvalue weighted by molar-refractivity contribution is 5.88. The van der Waals surface area contributed by atoms with Gasteiger partial charge < -0.3 is 19.2 Å². The molecule has 4 rings (SSSR count). The second kappa shape index (κ2) is 9.18. The molecule has 2 aromatic heterocycles. The van der Waals surface area contributed by atoms with Crippen molar-refractivity contribution in [2.24, 2.45) is 0 Å². The molecule has 31 heavy (non-hydrogen) atoms. The van der Waals surface area contributed by atoms with E-state index in [1.807, 2.05) is 60.4 Å². The fourth-order valence-corrected chi connectivity index (χ4v) is 3.72. The number of carbonyl (C=O) groups excluding carboxylic acids is 2. The predicted octanol–water partition coefficient (Wildman–Crippen LogP) is 2.59. The standard InChI is InChI=1S/C23H26N4O4/c1-16-8-9-19(30-16)15-27-11-10-24-23(29)20(27)13-22(28)26(2)14-18-12-21(31-25-18)17-6-4-3-5-7-17/h3-9,12,20H,10-11,13-15H2,1-2H3,(H,24,29). The summed E-state index contributed by atoms with van der Waals surface area (Å²) in [5, 5.41) is 6.94. The van der Waals surface area contributed by atoms with E-state index < -0.39 is 6.04 Å². The average Bonchev–Trinajstić information content (AvgIpc) is 3.40. The summed E-state index contributed by atoms with van der Waals surface area (Å²) in [6, 6.07) is 14.8. The Balaban J connectivity index is 1.38. The number of piperazine rings is 1. The van der Waals surface area contributed by atoms with Crippen LogP contribution in [0.2, 0.25) is 0 Å². The zero-order valence-electron chi connectivity index (χ0n) is 17.7. The maximum Gasteiger partial charge on any atom is 0.237 e. The first kappa shape index (κ1) is 20.9. The number of carbonyl (C=O) groups is 2. The quantitative estimate of drug-likeness (QED) is 0.629. The lowest BCUT2D eigenvalue weighted by molar-refractivity contribution is -0.138. The maximum absolute atomic E-state index is 12.9. The average molecular weight is 422 g/mol. The Morgan fingerprint density at radius 3 is 2.81 bits per heavy atom. The number of furan rings is 1. The van der Waals surface area contributed by atoms with Crippen molar-refractivity contribution in [3.63, 3.8) is 0 Å². The molecule has 3 heterocycles. The summed E-state index contributed by atoms with van der Waals surface area (Å²) in [4.78, 5) is 28.9. The van der Waals surface area contributed by atoms with Crippen LogP contribution in [0.1, 0.15) is 23.6 Å². The van der Waals surface area contributed by atoms with Crippen molar-refractivity contribution in [2.45, 2.75) is 32.5 Å². The molecule has 0 aliphatic carbocycles. The van der Waals surface area contributed by atoms with Gasteiger partial charge in [-0.05, 0) is 19.1 Å². The van der Waals surface area contributed by atoms with Crippen LogP contribution in [0.5, 0.6) is 0 Å². The zero-order chi connectivity index (χ0) is 21.8. The molecule has 1 aliphatic heterocycles. The number of rotatable bonds is 7. The van der Waals surface area contributed by atoms with Gasteiger partial charge in [-0.1, -0.05) is 35.5 Å². The number of aryl methyl sites for hydroxylation is 1. The van der Waals surface area contributed by atoms with Gasteiger partial charge in [0.15, 0.2) is 5.76 Å². The van der Waals surface area contributed by atoms with E-state index in [1.165, 1.54) is 0 Å². The lowest BCUT2D eigenvalue weighted by atomic mass is 10.1. The largest absolute Gasteiger partial charge is 0.465 e. The van der Waals surface area contributed by atoms with Crippen LogP contribution in [0.3, 0.4) is 0 Å². The van der Waals surface area contributed by atoms with Crippen molar-refractivity contribution in [1.29, 1.82) is 0 Å². The van der Waals surface area contributed by atoms with E-state index in [2.05, 4.69) is 10.5 Å². The van der Waals surface area contributed by atoms with Gasteiger partial charge >= 0.3 is 0 Å². The van der Waals surface area contributed by atoms with E-state index >= 15 is 0 Å². The van der Waals surface area contributed by atoms with Crippen LogP contribution in [0, 0.1) is 6.92 Å². The predicted molar refractivity (Wildman–Crippen MR) is 114 cm³/mol. The number of aromatic nitrogens is 1. The van der Waals surface area contributed by atoms with E-state index in [-0.39, 0.29) is 18.2 Å². The second-order valence-electron chi connectivity index (χ2n) is 7.79. The zero-order valence-corrected chi connectivity index (χ0v) is 17.7. The Bertz CT molecular complexity index is 1040. The molecular weight excluding hydrogens is 396 g/mol. The third-order valence-electron chi connectivity index (χ3n) is 5.41. The van der Waals surface area contributed by atoms with Crippen molar-refractivity contribution in [2.75, 3.05) is 20.1 Å². The van der Waals surface area contributed by atoms with Crippen LogP contribution in [-0.2, 0) is 22.7 Å².